The summed E-state index contributed by atoms with van der Waals surface area (Å²) in [5.74, 6) is 2.06. The number of pyridine rings is 1. The number of methoxy groups -OCH3 is 1. The average Bonchev–Trinajstić information content (AvgIpc) is 2.43. The van der Waals surface area contributed by atoms with Crippen LogP contribution < -0.4 is 10.1 Å². The summed E-state index contributed by atoms with van der Waals surface area (Å²) in [6.45, 7) is 4.70. The number of aliphatic hydroxyl groups is 1. The average molecular weight is 274 g/mol. The normalized spacial score (nSPS) is 12.7. The van der Waals surface area contributed by atoms with Crippen molar-refractivity contribution in [2.24, 2.45) is 5.92 Å². The lowest BCUT2D eigenvalue weighted by Crippen LogP contribution is -2.21. The van der Waals surface area contributed by atoms with Crippen molar-refractivity contribution in [1.82, 2.24) is 4.98 Å². The molecule has 20 heavy (non-hydrogen) atoms. The molecule has 0 saturated heterocycles. The second-order valence-electron chi connectivity index (χ2n) is 5.41. The van der Waals surface area contributed by atoms with Gasteiger partial charge in [0.25, 0.3) is 0 Å². The number of aromatic nitrogens is 1. The van der Waals surface area contributed by atoms with Gasteiger partial charge in [0.1, 0.15) is 11.6 Å². The maximum absolute atomic E-state index is 9.94. The Morgan fingerprint density at radius 2 is 2.10 bits per heavy atom. The van der Waals surface area contributed by atoms with E-state index in [2.05, 4.69) is 24.1 Å². The zero-order chi connectivity index (χ0) is 14.5. The van der Waals surface area contributed by atoms with Crippen molar-refractivity contribution < 1.29 is 9.84 Å². The van der Waals surface area contributed by atoms with Crippen molar-refractivity contribution in [3.63, 3.8) is 0 Å². The second-order valence-corrected chi connectivity index (χ2v) is 5.41. The largest absolute Gasteiger partial charge is 0.497 e. The quantitative estimate of drug-likeness (QED) is 0.850. The number of aliphatic hydroxyl groups excluding tert-OH is 1. The van der Waals surface area contributed by atoms with Gasteiger partial charge in [-0.1, -0.05) is 19.9 Å². The molecule has 1 heterocycles. The second kappa shape index (κ2) is 6.57. The summed E-state index contributed by atoms with van der Waals surface area (Å²) >= 11 is 0. The number of ether oxygens (including phenoxy) is 1. The molecule has 1 aromatic heterocycles. The highest BCUT2D eigenvalue weighted by molar-refractivity contribution is 5.92. The van der Waals surface area contributed by atoms with Gasteiger partial charge in [0.2, 0.25) is 0 Å². The number of benzene rings is 1. The molecule has 0 spiro atoms. The summed E-state index contributed by atoms with van der Waals surface area (Å²) in [5.41, 5.74) is 0. The van der Waals surface area contributed by atoms with Crippen molar-refractivity contribution in [3.8, 4) is 5.75 Å². The number of rotatable bonds is 6. The third-order valence-corrected chi connectivity index (χ3v) is 3.22. The molecule has 0 bridgehead atoms. The Kier molecular flexibility index (Phi) is 4.79. The van der Waals surface area contributed by atoms with Gasteiger partial charge in [-0.2, -0.15) is 0 Å². The van der Waals surface area contributed by atoms with E-state index in [9.17, 15) is 5.11 Å². The summed E-state index contributed by atoms with van der Waals surface area (Å²) in [5, 5.41) is 15.3. The molecule has 0 aliphatic carbocycles. The summed E-state index contributed by atoms with van der Waals surface area (Å²) < 4.78 is 5.25. The Balaban J connectivity index is 2.16. The summed E-state index contributed by atoms with van der Waals surface area (Å²) in [6, 6.07) is 7.86. The molecule has 108 valence electrons. The lowest BCUT2D eigenvalue weighted by molar-refractivity contribution is 0.161. The van der Waals surface area contributed by atoms with Crippen molar-refractivity contribution in [1.29, 1.82) is 0 Å². The van der Waals surface area contributed by atoms with Crippen molar-refractivity contribution in [2.45, 2.75) is 26.4 Å². The molecule has 4 heteroatoms. The Morgan fingerprint density at radius 3 is 2.80 bits per heavy atom. The third kappa shape index (κ3) is 3.61. The summed E-state index contributed by atoms with van der Waals surface area (Å²) in [7, 11) is 1.65. The number of nitrogens with one attached hydrogen (secondary N) is 1. The van der Waals surface area contributed by atoms with Crippen LogP contribution in [0.15, 0.2) is 30.5 Å². The minimum Gasteiger partial charge on any atom is -0.497 e. The molecule has 0 aliphatic rings. The highest BCUT2D eigenvalue weighted by Gasteiger charge is 2.09. The minimum atomic E-state index is -0.363. The van der Waals surface area contributed by atoms with Crippen LogP contribution in [0.5, 0.6) is 5.75 Å². The van der Waals surface area contributed by atoms with Crippen LogP contribution in [0.1, 0.15) is 20.3 Å². The van der Waals surface area contributed by atoms with Crippen LogP contribution in [0.4, 0.5) is 5.82 Å². The molecule has 0 saturated carbocycles. The Labute approximate surface area is 119 Å². The van der Waals surface area contributed by atoms with Crippen molar-refractivity contribution in [2.75, 3.05) is 19.0 Å². The number of nitrogens with zero attached hydrogens (tertiary/aromatic N) is 1. The van der Waals surface area contributed by atoms with E-state index >= 15 is 0 Å². The van der Waals surface area contributed by atoms with E-state index in [1.54, 1.807) is 13.3 Å². The van der Waals surface area contributed by atoms with Crippen LogP contribution in [-0.4, -0.2) is 29.8 Å². The van der Waals surface area contributed by atoms with Crippen LogP contribution in [0, 0.1) is 5.92 Å². The molecule has 4 nitrogen and oxygen atoms in total. The first-order valence-corrected chi connectivity index (χ1v) is 6.95. The SMILES string of the molecule is COc1ccc2ccnc(NCC(O)CC(C)C)c2c1. The first-order valence-electron chi connectivity index (χ1n) is 6.95. The molecular weight excluding hydrogens is 252 g/mol. The smallest absolute Gasteiger partial charge is 0.134 e. The van der Waals surface area contributed by atoms with E-state index in [0.717, 1.165) is 28.8 Å². The monoisotopic (exact) mass is 274 g/mol. The van der Waals surface area contributed by atoms with Gasteiger partial charge in [-0.05, 0) is 35.9 Å². The topological polar surface area (TPSA) is 54.4 Å². The standard InChI is InChI=1S/C16H22N2O2/c1-11(2)8-13(19)10-18-16-15-9-14(20-3)5-4-12(15)6-7-17-16/h4-7,9,11,13,19H,8,10H2,1-3H3,(H,17,18). The van der Waals surface area contributed by atoms with Gasteiger partial charge in [0.05, 0.1) is 13.2 Å². The molecule has 0 fully saturated rings. The number of hydrogen-bond acceptors (Lipinski definition) is 4. The van der Waals surface area contributed by atoms with E-state index in [-0.39, 0.29) is 6.10 Å². The maximum atomic E-state index is 9.94. The van der Waals surface area contributed by atoms with E-state index < -0.39 is 0 Å². The molecular formula is C16H22N2O2. The van der Waals surface area contributed by atoms with Crippen LogP contribution >= 0.6 is 0 Å². The minimum absolute atomic E-state index is 0.363. The van der Waals surface area contributed by atoms with Crippen LogP contribution in [0.2, 0.25) is 0 Å². The zero-order valence-corrected chi connectivity index (χ0v) is 12.3. The first kappa shape index (κ1) is 14.6. The fourth-order valence-electron chi connectivity index (χ4n) is 2.26. The van der Waals surface area contributed by atoms with Gasteiger partial charge in [-0.25, -0.2) is 4.98 Å². The van der Waals surface area contributed by atoms with Gasteiger partial charge in [0.15, 0.2) is 0 Å². The lowest BCUT2D eigenvalue weighted by atomic mass is 10.1. The fraction of sp³-hybridized carbons (Fsp3) is 0.438. The Hall–Kier alpha value is -1.81. The molecule has 2 rings (SSSR count). The number of hydrogen-bond donors (Lipinski definition) is 2. The van der Waals surface area contributed by atoms with Crippen LogP contribution in [-0.2, 0) is 0 Å². The number of fused-ring (bicyclic) bond motifs is 1. The lowest BCUT2D eigenvalue weighted by Gasteiger charge is -2.15. The van der Waals surface area contributed by atoms with Gasteiger partial charge in [0, 0.05) is 18.1 Å². The number of anilines is 1. The summed E-state index contributed by atoms with van der Waals surface area (Å²) in [4.78, 5) is 4.36. The molecule has 2 N–H and O–H groups in total. The molecule has 0 aliphatic heterocycles. The maximum Gasteiger partial charge on any atom is 0.134 e. The Morgan fingerprint density at radius 1 is 1.30 bits per heavy atom. The highest BCUT2D eigenvalue weighted by Crippen LogP contribution is 2.25. The first-order chi connectivity index (χ1) is 9.60. The fourth-order valence-corrected chi connectivity index (χ4v) is 2.26. The molecule has 1 aromatic carbocycles. The van der Waals surface area contributed by atoms with E-state index in [0.29, 0.717) is 12.5 Å². The molecule has 0 amide bonds. The van der Waals surface area contributed by atoms with Crippen LogP contribution in [0.25, 0.3) is 10.8 Å². The highest BCUT2D eigenvalue weighted by atomic mass is 16.5. The molecule has 2 aromatic rings. The third-order valence-electron chi connectivity index (χ3n) is 3.22. The van der Waals surface area contributed by atoms with Gasteiger partial charge in [-0.15, -0.1) is 0 Å². The zero-order valence-electron chi connectivity index (χ0n) is 12.3. The van der Waals surface area contributed by atoms with Crippen LogP contribution in [0.3, 0.4) is 0 Å². The Bertz CT molecular complexity index is 569. The predicted molar refractivity (Wildman–Crippen MR) is 82.2 cm³/mol. The summed E-state index contributed by atoms with van der Waals surface area (Å²) in [6.07, 6.45) is 2.19. The van der Waals surface area contributed by atoms with E-state index in [1.165, 1.54) is 0 Å². The molecule has 0 radical (unpaired) electrons. The van der Waals surface area contributed by atoms with Crippen molar-refractivity contribution >= 4 is 16.6 Å². The van der Waals surface area contributed by atoms with Crippen molar-refractivity contribution in [3.05, 3.63) is 30.5 Å². The van der Waals surface area contributed by atoms with Gasteiger partial charge in [-0.3, -0.25) is 0 Å². The molecule has 1 unspecified atom stereocenters. The molecule has 1 atom stereocenters. The predicted octanol–water partition coefficient (Wildman–Crippen LogP) is 3.06. The van der Waals surface area contributed by atoms with Gasteiger partial charge < -0.3 is 15.2 Å². The van der Waals surface area contributed by atoms with Gasteiger partial charge >= 0.3 is 0 Å². The van der Waals surface area contributed by atoms with E-state index in [1.807, 2.05) is 24.3 Å². The van der Waals surface area contributed by atoms with E-state index in [4.69, 9.17) is 4.74 Å².